The molecule has 1 aromatic rings. The van der Waals surface area contributed by atoms with Crippen molar-refractivity contribution in [3.05, 3.63) is 34.3 Å². The highest BCUT2D eigenvalue weighted by Gasteiger charge is 2.16. The summed E-state index contributed by atoms with van der Waals surface area (Å²) in [5.74, 6) is 0.535. The van der Waals surface area contributed by atoms with Crippen molar-refractivity contribution < 1.29 is 0 Å². The molecule has 1 aromatic carbocycles. The number of nitrogens with one attached hydrogen (secondary N) is 1. The maximum absolute atomic E-state index is 5.52. The third kappa shape index (κ3) is 1.83. The number of hydrogen-bond acceptors (Lipinski definition) is 3. The minimum absolute atomic E-state index is 0.244. The first kappa shape index (κ1) is 8.56. The molecule has 4 heteroatoms. The molecule has 1 heterocycles. The molecule has 3 nitrogen and oxygen atoms in total. The Morgan fingerprint density at radius 1 is 1.38 bits per heavy atom. The Labute approximate surface area is 85.2 Å². The van der Waals surface area contributed by atoms with Crippen LogP contribution in [0.5, 0.6) is 0 Å². The highest BCUT2D eigenvalue weighted by atomic mass is 79.9. The van der Waals surface area contributed by atoms with Crippen molar-refractivity contribution in [2.24, 2.45) is 10.7 Å². The van der Waals surface area contributed by atoms with Crippen LogP contribution in [0.1, 0.15) is 11.6 Å². The van der Waals surface area contributed by atoms with E-state index in [0.29, 0.717) is 5.96 Å². The lowest BCUT2D eigenvalue weighted by Gasteiger charge is -2.10. The Hall–Kier alpha value is -1.03. The summed E-state index contributed by atoms with van der Waals surface area (Å²) in [7, 11) is 0. The first-order valence-corrected chi connectivity index (χ1v) is 4.87. The lowest BCUT2D eigenvalue weighted by atomic mass is 10.1. The first-order chi connectivity index (χ1) is 6.25. The molecule has 2 rings (SSSR count). The number of guanidine groups is 1. The molecule has 1 atom stereocenters. The highest BCUT2D eigenvalue weighted by molar-refractivity contribution is 9.10. The van der Waals surface area contributed by atoms with Gasteiger partial charge >= 0.3 is 0 Å². The summed E-state index contributed by atoms with van der Waals surface area (Å²) in [4.78, 5) is 4.09. The molecular weight excluding hydrogens is 230 g/mol. The second-order valence-electron chi connectivity index (χ2n) is 2.97. The van der Waals surface area contributed by atoms with E-state index < -0.39 is 0 Å². The summed E-state index contributed by atoms with van der Waals surface area (Å²) in [6.07, 6.45) is 0. The van der Waals surface area contributed by atoms with E-state index in [1.807, 2.05) is 12.1 Å². The van der Waals surface area contributed by atoms with Gasteiger partial charge in [-0.25, -0.2) is 0 Å². The van der Waals surface area contributed by atoms with Crippen LogP contribution < -0.4 is 11.1 Å². The third-order valence-electron chi connectivity index (χ3n) is 2.04. The standard InChI is InChI=1S/C9H10BrN3/c10-7-3-1-6(2-4-7)8-5-12-9(11)13-8/h1-4,8H,5H2,(H3,11,12,13). The van der Waals surface area contributed by atoms with Crippen molar-refractivity contribution in [3.63, 3.8) is 0 Å². The van der Waals surface area contributed by atoms with Gasteiger partial charge in [0.1, 0.15) is 0 Å². The molecule has 3 N–H and O–H groups in total. The van der Waals surface area contributed by atoms with Crippen molar-refractivity contribution >= 4 is 21.9 Å². The van der Waals surface area contributed by atoms with Gasteiger partial charge in [0.25, 0.3) is 0 Å². The average Bonchev–Trinajstić information content (AvgIpc) is 2.53. The summed E-state index contributed by atoms with van der Waals surface area (Å²) in [6, 6.07) is 8.41. The van der Waals surface area contributed by atoms with E-state index in [-0.39, 0.29) is 6.04 Å². The quantitative estimate of drug-likeness (QED) is 0.779. The van der Waals surface area contributed by atoms with Gasteiger partial charge in [-0.3, -0.25) is 4.99 Å². The molecule has 0 aliphatic carbocycles. The van der Waals surface area contributed by atoms with E-state index in [0.717, 1.165) is 11.0 Å². The van der Waals surface area contributed by atoms with Crippen LogP contribution in [0, 0.1) is 0 Å². The molecule has 0 saturated heterocycles. The van der Waals surface area contributed by atoms with Gasteiger partial charge in [0.2, 0.25) is 0 Å². The molecule has 0 bridgehead atoms. The zero-order valence-electron chi connectivity index (χ0n) is 7.00. The molecule has 1 aliphatic rings. The lowest BCUT2D eigenvalue weighted by molar-refractivity contribution is 0.707. The molecule has 0 radical (unpaired) electrons. The Kier molecular flexibility index (Phi) is 2.22. The summed E-state index contributed by atoms with van der Waals surface area (Å²) >= 11 is 3.39. The normalized spacial score (nSPS) is 21.0. The predicted octanol–water partition coefficient (Wildman–Crippen LogP) is 1.41. The smallest absolute Gasteiger partial charge is 0.189 e. The first-order valence-electron chi connectivity index (χ1n) is 4.07. The predicted molar refractivity (Wildman–Crippen MR) is 56.5 cm³/mol. The molecule has 68 valence electrons. The Bertz CT molecular complexity index is 331. The van der Waals surface area contributed by atoms with E-state index in [1.165, 1.54) is 5.56 Å². The molecule has 13 heavy (non-hydrogen) atoms. The van der Waals surface area contributed by atoms with Crippen LogP contribution >= 0.6 is 15.9 Å². The fraction of sp³-hybridized carbons (Fsp3) is 0.222. The lowest BCUT2D eigenvalue weighted by Crippen LogP contribution is -2.29. The van der Waals surface area contributed by atoms with Crippen molar-refractivity contribution in [2.45, 2.75) is 6.04 Å². The van der Waals surface area contributed by atoms with Gasteiger partial charge in [0.05, 0.1) is 12.6 Å². The molecule has 1 aliphatic heterocycles. The van der Waals surface area contributed by atoms with E-state index in [2.05, 4.69) is 38.4 Å². The minimum Gasteiger partial charge on any atom is -0.370 e. The third-order valence-corrected chi connectivity index (χ3v) is 2.57. The largest absolute Gasteiger partial charge is 0.370 e. The maximum atomic E-state index is 5.52. The summed E-state index contributed by atoms with van der Waals surface area (Å²) in [6.45, 7) is 0.730. The van der Waals surface area contributed by atoms with Gasteiger partial charge in [-0.2, -0.15) is 0 Å². The molecule has 0 aromatic heterocycles. The fourth-order valence-electron chi connectivity index (χ4n) is 1.34. The van der Waals surface area contributed by atoms with Crippen molar-refractivity contribution in [3.8, 4) is 0 Å². The van der Waals surface area contributed by atoms with E-state index in [4.69, 9.17) is 5.73 Å². The van der Waals surface area contributed by atoms with Crippen LogP contribution in [0.15, 0.2) is 33.7 Å². The number of benzene rings is 1. The molecule has 0 spiro atoms. The van der Waals surface area contributed by atoms with Crippen molar-refractivity contribution in [1.82, 2.24) is 5.32 Å². The average molecular weight is 240 g/mol. The van der Waals surface area contributed by atoms with Crippen molar-refractivity contribution in [2.75, 3.05) is 6.54 Å². The summed E-state index contributed by atoms with van der Waals surface area (Å²) < 4.78 is 1.09. The number of rotatable bonds is 1. The number of hydrogen-bond donors (Lipinski definition) is 2. The van der Waals surface area contributed by atoms with Gasteiger partial charge in [0, 0.05) is 4.47 Å². The summed E-state index contributed by atoms with van der Waals surface area (Å²) in [5.41, 5.74) is 6.74. The van der Waals surface area contributed by atoms with Gasteiger partial charge in [-0.15, -0.1) is 0 Å². The van der Waals surface area contributed by atoms with E-state index >= 15 is 0 Å². The van der Waals surface area contributed by atoms with Crippen molar-refractivity contribution in [1.29, 1.82) is 0 Å². The van der Waals surface area contributed by atoms with Crippen LogP contribution in [0.25, 0.3) is 0 Å². The van der Waals surface area contributed by atoms with Gasteiger partial charge in [0.15, 0.2) is 5.96 Å². The number of nitrogens with two attached hydrogens (primary N) is 1. The highest BCUT2D eigenvalue weighted by Crippen LogP contribution is 2.18. The van der Waals surface area contributed by atoms with Crippen LogP contribution in [-0.2, 0) is 0 Å². The van der Waals surface area contributed by atoms with Crippen LogP contribution in [0.3, 0.4) is 0 Å². The molecular formula is C9H10BrN3. The fourth-order valence-corrected chi connectivity index (χ4v) is 1.61. The van der Waals surface area contributed by atoms with Gasteiger partial charge in [-0.05, 0) is 17.7 Å². The molecule has 0 amide bonds. The second kappa shape index (κ2) is 3.38. The number of aliphatic imine (C=N–C) groups is 1. The summed E-state index contributed by atoms with van der Waals surface area (Å²) in [5, 5.41) is 3.10. The van der Waals surface area contributed by atoms with Crippen LogP contribution in [-0.4, -0.2) is 12.5 Å². The maximum Gasteiger partial charge on any atom is 0.189 e. The minimum atomic E-state index is 0.244. The molecule has 1 unspecified atom stereocenters. The monoisotopic (exact) mass is 239 g/mol. The molecule has 0 fully saturated rings. The van der Waals surface area contributed by atoms with E-state index in [1.54, 1.807) is 0 Å². The Morgan fingerprint density at radius 3 is 2.62 bits per heavy atom. The van der Waals surface area contributed by atoms with Gasteiger partial charge in [-0.1, -0.05) is 28.1 Å². The zero-order valence-corrected chi connectivity index (χ0v) is 8.58. The van der Waals surface area contributed by atoms with Crippen LogP contribution in [0.2, 0.25) is 0 Å². The zero-order chi connectivity index (χ0) is 9.26. The molecule has 0 saturated carbocycles. The number of halogens is 1. The Balaban J connectivity index is 2.14. The topological polar surface area (TPSA) is 50.4 Å². The SMILES string of the molecule is NC1=NCC(c2ccc(Br)cc2)N1. The second-order valence-corrected chi connectivity index (χ2v) is 3.89. The van der Waals surface area contributed by atoms with Crippen LogP contribution in [0.4, 0.5) is 0 Å². The Morgan fingerprint density at radius 2 is 2.08 bits per heavy atom. The van der Waals surface area contributed by atoms with Gasteiger partial charge < -0.3 is 11.1 Å². The number of nitrogens with zero attached hydrogens (tertiary/aromatic N) is 1. The van der Waals surface area contributed by atoms with E-state index in [9.17, 15) is 0 Å².